The molecule has 2 rings (SSSR count). The van der Waals surface area contributed by atoms with Crippen LogP contribution < -0.4 is 14.8 Å². The molecular formula is C17H20ClNO2. The van der Waals surface area contributed by atoms with E-state index in [-0.39, 0.29) is 6.04 Å². The summed E-state index contributed by atoms with van der Waals surface area (Å²) < 4.78 is 11.0. The summed E-state index contributed by atoms with van der Waals surface area (Å²) in [5.74, 6) is 1.63. The number of ether oxygens (including phenoxy) is 2. The topological polar surface area (TPSA) is 30.5 Å². The Morgan fingerprint density at radius 3 is 2.19 bits per heavy atom. The maximum atomic E-state index is 6.06. The molecule has 2 aromatic carbocycles. The van der Waals surface area contributed by atoms with Gasteiger partial charge >= 0.3 is 0 Å². The largest absolute Gasteiger partial charge is 0.496 e. The quantitative estimate of drug-likeness (QED) is 0.879. The lowest BCUT2D eigenvalue weighted by atomic mass is 9.97. The van der Waals surface area contributed by atoms with Gasteiger partial charge < -0.3 is 14.8 Å². The van der Waals surface area contributed by atoms with Crippen molar-refractivity contribution in [2.45, 2.75) is 12.5 Å². The van der Waals surface area contributed by atoms with Gasteiger partial charge in [-0.2, -0.15) is 0 Å². The van der Waals surface area contributed by atoms with Crippen LogP contribution in [0.2, 0.25) is 5.02 Å². The zero-order valence-electron chi connectivity index (χ0n) is 12.5. The molecule has 4 heteroatoms. The molecule has 0 aliphatic carbocycles. The molecule has 1 N–H and O–H groups in total. The van der Waals surface area contributed by atoms with Crippen LogP contribution in [0.4, 0.5) is 0 Å². The second kappa shape index (κ2) is 7.34. The maximum Gasteiger partial charge on any atom is 0.127 e. The first kappa shape index (κ1) is 15.7. The van der Waals surface area contributed by atoms with Gasteiger partial charge in [0.25, 0.3) is 0 Å². The Labute approximate surface area is 130 Å². The van der Waals surface area contributed by atoms with E-state index in [1.54, 1.807) is 14.2 Å². The minimum absolute atomic E-state index is 0.0783. The molecule has 0 aliphatic heterocycles. The summed E-state index contributed by atoms with van der Waals surface area (Å²) in [5, 5.41) is 4.08. The summed E-state index contributed by atoms with van der Waals surface area (Å²) in [6.45, 7) is 0. The third-order valence-electron chi connectivity index (χ3n) is 3.49. The lowest BCUT2D eigenvalue weighted by Crippen LogP contribution is -2.20. The molecule has 0 spiro atoms. The molecule has 0 heterocycles. The Balaban J connectivity index is 2.37. The second-order valence-electron chi connectivity index (χ2n) is 4.75. The van der Waals surface area contributed by atoms with Crippen LogP contribution in [0.5, 0.6) is 11.5 Å². The van der Waals surface area contributed by atoms with Crippen LogP contribution in [0.25, 0.3) is 0 Å². The molecule has 0 saturated carbocycles. The summed E-state index contributed by atoms with van der Waals surface area (Å²) in [4.78, 5) is 0. The van der Waals surface area contributed by atoms with E-state index < -0.39 is 0 Å². The predicted molar refractivity (Wildman–Crippen MR) is 86.5 cm³/mol. The predicted octanol–water partition coefficient (Wildman–Crippen LogP) is 3.86. The fourth-order valence-corrected chi connectivity index (χ4v) is 2.68. The Morgan fingerprint density at radius 2 is 1.67 bits per heavy atom. The number of halogens is 1. The minimum atomic E-state index is 0.0783. The van der Waals surface area contributed by atoms with Crippen molar-refractivity contribution in [3.8, 4) is 11.5 Å². The van der Waals surface area contributed by atoms with Gasteiger partial charge in [-0.05, 0) is 43.3 Å². The molecule has 3 nitrogen and oxygen atoms in total. The summed E-state index contributed by atoms with van der Waals surface area (Å²) in [7, 11) is 5.27. The Bertz CT molecular complexity index is 579. The highest BCUT2D eigenvalue weighted by Gasteiger charge is 2.20. The van der Waals surface area contributed by atoms with Crippen molar-refractivity contribution in [3.05, 3.63) is 58.6 Å². The standard InChI is InChI=1S/C17H20ClNO2/c1-19-14(11-12-6-4-7-13(18)10-12)17-15(20-2)8-5-9-16(17)21-3/h4-10,14,19H,11H2,1-3H3. The molecule has 1 atom stereocenters. The highest BCUT2D eigenvalue weighted by Crippen LogP contribution is 2.35. The molecule has 2 aromatic rings. The van der Waals surface area contributed by atoms with E-state index in [2.05, 4.69) is 11.4 Å². The minimum Gasteiger partial charge on any atom is -0.496 e. The molecule has 0 amide bonds. The zero-order chi connectivity index (χ0) is 15.2. The molecule has 0 aromatic heterocycles. The van der Waals surface area contributed by atoms with E-state index >= 15 is 0 Å². The summed E-state index contributed by atoms with van der Waals surface area (Å²) >= 11 is 6.06. The van der Waals surface area contributed by atoms with Crippen molar-refractivity contribution in [3.63, 3.8) is 0 Å². The molecule has 0 aliphatic rings. The third kappa shape index (κ3) is 3.69. The number of nitrogens with one attached hydrogen (secondary N) is 1. The number of likely N-dealkylation sites (N-methyl/N-ethyl adjacent to an activating group) is 1. The highest BCUT2D eigenvalue weighted by molar-refractivity contribution is 6.30. The van der Waals surface area contributed by atoms with Crippen molar-refractivity contribution >= 4 is 11.6 Å². The van der Waals surface area contributed by atoms with Gasteiger partial charge in [-0.1, -0.05) is 29.8 Å². The van der Waals surface area contributed by atoms with Crippen LogP contribution in [0.15, 0.2) is 42.5 Å². The van der Waals surface area contributed by atoms with Crippen molar-refractivity contribution in [1.82, 2.24) is 5.32 Å². The fraction of sp³-hybridized carbons (Fsp3) is 0.294. The van der Waals surface area contributed by atoms with E-state index in [1.807, 2.05) is 43.4 Å². The molecule has 0 bridgehead atoms. The molecular weight excluding hydrogens is 286 g/mol. The van der Waals surface area contributed by atoms with Crippen LogP contribution >= 0.6 is 11.6 Å². The molecule has 21 heavy (non-hydrogen) atoms. The van der Waals surface area contributed by atoms with Gasteiger partial charge in [-0.25, -0.2) is 0 Å². The van der Waals surface area contributed by atoms with Gasteiger partial charge in [0.2, 0.25) is 0 Å². The Kier molecular flexibility index (Phi) is 5.48. The lowest BCUT2D eigenvalue weighted by Gasteiger charge is -2.22. The smallest absolute Gasteiger partial charge is 0.127 e. The second-order valence-corrected chi connectivity index (χ2v) is 5.19. The number of rotatable bonds is 6. The van der Waals surface area contributed by atoms with E-state index in [1.165, 1.54) is 0 Å². The van der Waals surface area contributed by atoms with Crippen LogP contribution in [0.1, 0.15) is 17.2 Å². The highest BCUT2D eigenvalue weighted by atomic mass is 35.5. The van der Waals surface area contributed by atoms with Crippen molar-refractivity contribution in [2.24, 2.45) is 0 Å². The average molecular weight is 306 g/mol. The van der Waals surface area contributed by atoms with Crippen LogP contribution in [0.3, 0.4) is 0 Å². The first-order chi connectivity index (χ1) is 10.2. The fourth-order valence-electron chi connectivity index (χ4n) is 2.47. The molecule has 1 unspecified atom stereocenters. The monoisotopic (exact) mass is 305 g/mol. The van der Waals surface area contributed by atoms with Gasteiger partial charge in [0, 0.05) is 11.1 Å². The molecule has 0 radical (unpaired) electrons. The Morgan fingerprint density at radius 1 is 1.05 bits per heavy atom. The van der Waals surface area contributed by atoms with Crippen LogP contribution in [-0.4, -0.2) is 21.3 Å². The summed E-state index contributed by atoms with van der Waals surface area (Å²) in [5.41, 5.74) is 2.18. The van der Waals surface area contributed by atoms with Gasteiger partial charge in [0.05, 0.1) is 19.8 Å². The van der Waals surface area contributed by atoms with Gasteiger partial charge in [-0.15, -0.1) is 0 Å². The lowest BCUT2D eigenvalue weighted by molar-refractivity contribution is 0.373. The van der Waals surface area contributed by atoms with E-state index in [9.17, 15) is 0 Å². The summed E-state index contributed by atoms with van der Waals surface area (Å²) in [6.07, 6.45) is 0.799. The molecule has 0 saturated heterocycles. The number of benzene rings is 2. The van der Waals surface area contributed by atoms with Crippen LogP contribution in [0, 0.1) is 0 Å². The van der Waals surface area contributed by atoms with Gasteiger partial charge in [0.15, 0.2) is 0 Å². The van der Waals surface area contributed by atoms with E-state index in [4.69, 9.17) is 21.1 Å². The van der Waals surface area contributed by atoms with Crippen molar-refractivity contribution < 1.29 is 9.47 Å². The van der Waals surface area contributed by atoms with Crippen LogP contribution in [-0.2, 0) is 6.42 Å². The number of hydrogen-bond acceptors (Lipinski definition) is 3. The first-order valence-corrected chi connectivity index (χ1v) is 7.20. The molecule has 112 valence electrons. The normalized spacial score (nSPS) is 12.0. The van der Waals surface area contributed by atoms with E-state index in [0.717, 1.165) is 34.1 Å². The number of methoxy groups -OCH3 is 2. The third-order valence-corrected chi connectivity index (χ3v) is 3.73. The average Bonchev–Trinajstić information content (AvgIpc) is 2.52. The Hall–Kier alpha value is -1.71. The zero-order valence-corrected chi connectivity index (χ0v) is 13.3. The molecule has 0 fully saturated rings. The van der Waals surface area contributed by atoms with Crippen molar-refractivity contribution in [2.75, 3.05) is 21.3 Å². The summed E-state index contributed by atoms with van der Waals surface area (Å²) in [6, 6.07) is 13.8. The SMILES string of the molecule is CNC(Cc1cccc(Cl)c1)c1c(OC)cccc1OC. The van der Waals surface area contributed by atoms with Gasteiger partial charge in [-0.3, -0.25) is 0 Å². The number of hydrogen-bond donors (Lipinski definition) is 1. The van der Waals surface area contributed by atoms with Crippen molar-refractivity contribution in [1.29, 1.82) is 0 Å². The first-order valence-electron chi connectivity index (χ1n) is 6.82. The maximum absolute atomic E-state index is 6.06. The van der Waals surface area contributed by atoms with E-state index in [0.29, 0.717) is 0 Å². The van der Waals surface area contributed by atoms with Gasteiger partial charge in [0.1, 0.15) is 11.5 Å².